The molecule has 9 nitrogen and oxygen atoms in total. The fourth-order valence-electron chi connectivity index (χ4n) is 2.07. The SMILES string of the molecule is O=C(NN=Cc1cc(O)ccc1[N+](=O)[O-])c1ccc2c(c1)OCO2. The first-order valence-electron chi connectivity index (χ1n) is 6.75. The number of carbonyl (C=O) groups is 1. The summed E-state index contributed by atoms with van der Waals surface area (Å²) in [4.78, 5) is 22.3. The molecular formula is C15H11N3O6. The number of nitro benzene ring substituents is 1. The average Bonchev–Trinajstić information content (AvgIpc) is 3.02. The van der Waals surface area contributed by atoms with E-state index in [0.29, 0.717) is 17.1 Å². The van der Waals surface area contributed by atoms with Crippen molar-refractivity contribution in [2.45, 2.75) is 0 Å². The Morgan fingerprint density at radius 3 is 2.83 bits per heavy atom. The van der Waals surface area contributed by atoms with E-state index in [2.05, 4.69) is 10.5 Å². The maximum absolute atomic E-state index is 12.0. The minimum atomic E-state index is -0.611. The van der Waals surface area contributed by atoms with Gasteiger partial charge >= 0.3 is 0 Å². The fraction of sp³-hybridized carbons (Fsp3) is 0.0667. The second-order valence-electron chi connectivity index (χ2n) is 4.77. The summed E-state index contributed by atoms with van der Waals surface area (Å²) in [6.07, 6.45) is 1.09. The van der Waals surface area contributed by atoms with Crippen molar-refractivity contribution in [2.75, 3.05) is 6.79 Å². The number of nitro groups is 1. The van der Waals surface area contributed by atoms with Gasteiger partial charge in [-0.2, -0.15) is 5.10 Å². The van der Waals surface area contributed by atoms with Gasteiger partial charge < -0.3 is 14.6 Å². The molecule has 0 aromatic heterocycles. The van der Waals surface area contributed by atoms with Gasteiger partial charge in [-0.3, -0.25) is 14.9 Å². The molecule has 0 fully saturated rings. The number of amides is 1. The molecule has 3 rings (SSSR count). The lowest BCUT2D eigenvalue weighted by Gasteiger charge is -2.02. The highest BCUT2D eigenvalue weighted by molar-refractivity contribution is 5.96. The van der Waals surface area contributed by atoms with Crippen molar-refractivity contribution in [1.29, 1.82) is 0 Å². The molecule has 0 aliphatic carbocycles. The molecule has 0 saturated heterocycles. The van der Waals surface area contributed by atoms with Crippen LogP contribution in [-0.4, -0.2) is 28.9 Å². The summed E-state index contributed by atoms with van der Waals surface area (Å²) >= 11 is 0. The first-order chi connectivity index (χ1) is 11.5. The van der Waals surface area contributed by atoms with Crippen LogP contribution in [0.1, 0.15) is 15.9 Å². The molecule has 9 heteroatoms. The highest BCUT2D eigenvalue weighted by Gasteiger charge is 2.16. The van der Waals surface area contributed by atoms with E-state index < -0.39 is 10.8 Å². The van der Waals surface area contributed by atoms with Gasteiger partial charge in [-0.25, -0.2) is 5.43 Å². The number of hydrazone groups is 1. The van der Waals surface area contributed by atoms with Crippen molar-refractivity contribution in [3.8, 4) is 17.2 Å². The monoisotopic (exact) mass is 329 g/mol. The van der Waals surface area contributed by atoms with Crippen LogP contribution in [0, 0.1) is 10.1 Å². The number of phenols is 1. The number of hydrogen-bond donors (Lipinski definition) is 2. The van der Waals surface area contributed by atoms with Crippen LogP contribution in [0.4, 0.5) is 5.69 Å². The molecule has 24 heavy (non-hydrogen) atoms. The van der Waals surface area contributed by atoms with Crippen molar-refractivity contribution in [2.24, 2.45) is 5.10 Å². The van der Waals surface area contributed by atoms with Crippen LogP contribution in [0.15, 0.2) is 41.5 Å². The summed E-state index contributed by atoms with van der Waals surface area (Å²) in [6.45, 7) is 0.0970. The molecule has 1 amide bonds. The molecule has 0 bridgehead atoms. The molecule has 122 valence electrons. The van der Waals surface area contributed by atoms with Crippen molar-refractivity contribution < 1.29 is 24.3 Å². The predicted octanol–water partition coefficient (Wildman–Crippen LogP) is 1.79. The van der Waals surface area contributed by atoms with Crippen molar-refractivity contribution >= 4 is 17.8 Å². The van der Waals surface area contributed by atoms with E-state index in [1.165, 1.54) is 24.3 Å². The third-order valence-electron chi connectivity index (χ3n) is 3.21. The first kappa shape index (κ1) is 15.3. The number of nitrogens with one attached hydrogen (secondary N) is 1. The van der Waals surface area contributed by atoms with Gasteiger partial charge in [0, 0.05) is 11.6 Å². The Balaban J connectivity index is 1.73. The number of aromatic hydroxyl groups is 1. The Kier molecular flexibility index (Phi) is 3.98. The number of rotatable bonds is 4. The lowest BCUT2D eigenvalue weighted by atomic mass is 10.2. The number of phenolic OH excluding ortho intramolecular Hbond substituents is 1. The fourth-order valence-corrected chi connectivity index (χ4v) is 2.07. The third kappa shape index (κ3) is 3.09. The highest BCUT2D eigenvalue weighted by atomic mass is 16.7. The Labute approximate surface area is 135 Å². The van der Waals surface area contributed by atoms with Crippen LogP contribution in [-0.2, 0) is 0 Å². The van der Waals surface area contributed by atoms with Crippen LogP contribution < -0.4 is 14.9 Å². The van der Waals surface area contributed by atoms with Crippen molar-refractivity contribution in [1.82, 2.24) is 5.43 Å². The van der Waals surface area contributed by atoms with Gasteiger partial charge in [0.25, 0.3) is 11.6 Å². The molecule has 0 radical (unpaired) electrons. The molecule has 1 heterocycles. The van der Waals surface area contributed by atoms with Gasteiger partial charge in [0.05, 0.1) is 16.7 Å². The van der Waals surface area contributed by atoms with Gasteiger partial charge in [0.2, 0.25) is 6.79 Å². The van der Waals surface area contributed by atoms with Crippen LogP contribution in [0.3, 0.4) is 0 Å². The second kappa shape index (κ2) is 6.24. The molecule has 0 unspecified atom stereocenters. The molecule has 2 aromatic rings. The summed E-state index contributed by atoms with van der Waals surface area (Å²) in [5.41, 5.74) is 2.37. The quantitative estimate of drug-likeness (QED) is 0.501. The largest absolute Gasteiger partial charge is 0.508 e. The molecule has 0 spiro atoms. The Morgan fingerprint density at radius 2 is 2.04 bits per heavy atom. The van der Waals surface area contributed by atoms with Crippen LogP contribution >= 0.6 is 0 Å². The lowest BCUT2D eigenvalue weighted by molar-refractivity contribution is -0.385. The van der Waals surface area contributed by atoms with E-state index in [-0.39, 0.29) is 23.8 Å². The Morgan fingerprint density at radius 1 is 1.25 bits per heavy atom. The topological polar surface area (TPSA) is 123 Å². The minimum Gasteiger partial charge on any atom is -0.508 e. The predicted molar refractivity (Wildman–Crippen MR) is 82.4 cm³/mol. The average molecular weight is 329 g/mol. The zero-order valence-corrected chi connectivity index (χ0v) is 12.1. The number of ether oxygens (including phenoxy) is 2. The molecular weight excluding hydrogens is 318 g/mol. The van der Waals surface area contributed by atoms with E-state index >= 15 is 0 Å². The van der Waals surface area contributed by atoms with E-state index in [9.17, 15) is 20.0 Å². The summed E-state index contributed by atoms with van der Waals surface area (Å²) in [5.74, 6) is 0.331. The first-order valence-corrected chi connectivity index (χ1v) is 6.75. The van der Waals surface area contributed by atoms with E-state index in [1.54, 1.807) is 6.07 Å². The third-order valence-corrected chi connectivity index (χ3v) is 3.21. The standard InChI is InChI=1S/C15H11N3O6/c19-11-2-3-12(18(21)22)10(5-11)7-16-17-15(20)9-1-4-13-14(6-9)24-8-23-13/h1-7,19H,8H2,(H,17,20). The Hall–Kier alpha value is -3.62. The van der Waals surface area contributed by atoms with Gasteiger partial charge in [-0.1, -0.05) is 0 Å². The normalized spacial score (nSPS) is 12.3. The highest BCUT2D eigenvalue weighted by Crippen LogP contribution is 2.32. The smallest absolute Gasteiger partial charge is 0.278 e. The summed E-state index contributed by atoms with van der Waals surface area (Å²) < 4.78 is 10.3. The van der Waals surface area contributed by atoms with Gasteiger partial charge in [0.15, 0.2) is 11.5 Å². The molecule has 0 saturated carbocycles. The molecule has 2 N–H and O–H groups in total. The Bertz CT molecular complexity index is 849. The number of benzene rings is 2. The number of hydrogen-bond acceptors (Lipinski definition) is 7. The minimum absolute atomic E-state index is 0.0611. The summed E-state index contributed by atoms with van der Waals surface area (Å²) in [6, 6.07) is 8.16. The molecule has 0 atom stereocenters. The number of nitrogens with zero attached hydrogens (tertiary/aromatic N) is 2. The second-order valence-corrected chi connectivity index (χ2v) is 4.77. The zero-order valence-electron chi connectivity index (χ0n) is 12.1. The van der Waals surface area contributed by atoms with Crippen LogP contribution in [0.2, 0.25) is 0 Å². The van der Waals surface area contributed by atoms with Crippen molar-refractivity contribution in [3.63, 3.8) is 0 Å². The van der Waals surface area contributed by atoms with E-state index in [1.807, 2.05) is 0 Å². The maximum atomic E-state index is 12.0. The van der Waals surface area contributed by atoms with Crippen molar-refractivity contribution in [3.05, 3.63) is 57.6 Å². The zero-order chi connectivity index (χ0) is 17.1. The number of carbonyl (C=O) groups excluding carboxylic acids is 1. The van der Waals surface area contributed by atoms with Gasteiger partial charge in [-0.05, 0) is 30.3 Å². The van der Waals surface area contributed by atoms with Gasteiger partial charge in [-0.15, -0.1) is 0 Å². The van der Waals surface area contributed by atoms with Crippen LogP contribution in [0.5, 0.6) is 17.2 Å². The summed E-state index contributed by atoms with van der Waals surface area (Å²) in [7, 11) is 0. The van der Waals surface area contributed by atoms with E-state index in [4.69, 9.17) is 9.47 Å². The molecule has 2 aromatic carbocycles. The molecule has 1 aliphatic rings. The number of fused-ring (bicyclic) bond motifs is 1. The maximum Gasteiger partial charge on any atom is 0.278 e. The van der Waals surface area contributed by atoms with E-state index in [0.717, 1.165) is 12.3 Å². The van der Waals surface area contributed by atoms with Gasteiger partial charge in [0.1, 0.15) is 5.75 Å². The van der Waals surface area contributed by atoms with Crippen LogP contribution in [0.25, 0.3) is 0 Å². The summed E-state index contributed by atoms with van der Waals surface area (Å²) in [5, 5.41) is 24.0. The lowest BCUT2D eigenvalue weighted by Crippen LogP contribution is -2.17. The molecule has 1 aliphatic heterocycles.